The maximum absolute atomic E-state index is 14.3. The number of nitrogen functional groups attached to an aromatic ring is 1. The molecule has 1 amide bonds. The molecular formula is C17H9ClF10N2O2. The fourth-order valence-corrected chi connectivity index (χ4v) is 2.74. The minimum atomic E-state index is -6.58. The van der Waals surface area contributed by atoms with Crippen LogP contribution in [0.3, 0.4) is 0 Å². The number of rotatable bonds is 5. The van der Waals surface area contributed by atoms with Crippen LogP contribution in [-0.4, -0.2) is 24.9 Å². The quantitative estimate of drug-likeness (QED) is 0.381. The summed E-state index contributed by atoms with van der Waals surface area (Å²) in [6, 6.07) is 2.49. The number of halogens is 11. The van der Waals surface area contributed by atoms with Gasteiger partial charge in [-0.1, -0.05) is 17.7 Å². The first-order valence-corrected chi connectivity index (χ1v) is 8.35. The zero-order valence-corrected chi connectivity index (χ0v) is 15.8. The van der Waals surface area contributed by atoms with Gasteiger partial charge in [-0.15, -0.1) is 0 Å². The predicted octanol–water partition coefficient (Wildman–Crippen LogP) is 6.20. The molecule has 0 aliphatic carbocycles. The van der Waals surface area contributed by atoms with Crippen LogP contribution in [0.2, 0.25) is 5.02 Å². The Bertz CT molecular complexity index is 1010. The molecule has 0 saturated carbocycles. The minimum absolute atomic E-state index is 0.188. The van der Waals surface area contributed by atoms with Crippen molar-refractivity contribution in [3.63, 3.8) is 0 Å². The number of nitrogens with one attached hydrogen (secondary N) is 1. The second kappa shape index (κ2) is 8.56. The Hall–Kier alpha value is -2.90. The van der Waals surface area contributed by atoms with Crippen molar-refractivity contribution in [1.82, 2.24) is 0 Å². The zero-order valence-electron chi connectivity index (χ0n) is 15.0. The summed E-state index contributed by atoms with van der Waals surface area (Å²) in [6.45, 7) is -3.84. The zero-order chi connectivity index (χ0) is 24.6. The van der Waals surface area contributed by atoms with Crippen LogP contribution in [0.4, 0.5) is 55.3 Å². The number of hydrogen-bond donors (Lipinski definition) is 2. The largest absolute Gasteiger partial charge is 0.435 e. The first-order chi connectivity index (χ1) is 14.5. The lowest BCUT2D eigenvalue weighted by molar-refractivity contribution is -0.348. The first-order valence-electron chi connectivity index (χ1n) is 7.97. The third kappa shape index (κ3) is 4.64. The highest BCUT2D eigenvalue weighted by Gasteiger charge is 2.73. The summed E-state index contributed by atoms with van der Waals surface area (Å²) < 4.78 is 135. The molecule has 0 spiro atoms. The van der Waals surface area contributed by atoms with Crippen LogP contribution in [0.15, 0.2) is 30.3 Å². The Kier molecular flexibility index (Phi) is 6.78. The number of nitrogens with two attached hydrogens (primary N) is 1. The Labute approximate surface area is 176 Å². The SMILES string of the molecule is Nc1cccc(C(=O)Nc2c(Cl)cc(C(F)(C(F)(F)F)C(F)(F)F)cc2OC(F)F)c1F. The predicted molar refractivity (Wildman–Crippen MR) is 91.7 cm³/mol. The van der Waals surface area contributed by atoms with E-state index in [9.17, 15) is 48.7 Å². The van der Waals surface area contributed by atoms with E-state index >= 15 is 0 Å². The highest BCUT2D eigenvalue weighted by atomic mass is 35.5. The number of carbonyl (C=O) groups excluding carboxylic acids is 1. The van der Waals surface area contributed by atoms with Crippen LogP contribution >= 0.6 is 11.6 Å². The third-order valence-electron chi connectivity index (χ3n) is 3.96. The van der Waals surface area contributed by atoms with E-state index in [-0.39, 0.29) is 12.1 Å². The molecule has 0 radical (unpaired) electrons. The van der Waals surface area contributed by atoms with Crippen molar-refractivity contribution < 1.29 is 53.4 Å². The molecule has 4 nitrogen and oxygen atoms in total. The van der Waals surface area contributed by atoms with Crippen molar-refractivity contribution in [2.75, 3.05) is 11.1 Å². The fourth-order valence-electron chi connectivity index (χ4n) is 2.48. The van der Waals surface area contributed by atoms with Crippen LogP contribution < -0.4 is 15.8 Å². The maximum Gasteiger partial charge on any atom is 0.435 e. The molecule has 32 heavy (non-hydrogen) atoms. The van der Waals surface area contributed by atoms with Gasteiger partial charge in [0.1, 0.15) is 5.69 Å². The van der Waals surface area contributed by atoms with Gasteiger partial charge in [0.2, 0.25) is 0 Å². The molecule has 0 saturated heterocycles. The fraction of sp³-hybridized carbons (Fsp3) is 0.235. The van der Waals surface area contributed by atoms with E-state index in [1.54, 1.807) is 5.32 Å². The van der Waals surface area contributed by atoms with Crippen molar-refractivity contribution >= 4 is 28.9 Å². The standard InChI is InChI=1S/C17H9ClF10N2O2/c18-8-4-6(15(22,16(23,24)25)17(26,27)28)5-10(32-14(20)21)12(8)30-13(31)7-2-1-3-9(29)11(7)19/h1-5,14H,29H2,(H,30,31). The second-order valence-electron chi connectivity index (χ2n) is 6.03. The number of amides is 1. The number of anilines is 2. The number of alkyl halides is 9. The van der Waals surface area contributed by atoms with Crippen molar-refractivity contribution in [3.8, 4) is 5.75 Å². The molecule has 0 aliphatic rings. The van der Waals surface area contributed by atoms with Gasteiger partial charge in [0.25, 0.3) is 5.91 Å². The molecular weight excluding hydrogens is 490 g/mol. The van der Waals surface area contributed by atoms with Gasteiger partial charge in [-0.25, -0.2) is 8.78 Å². The highest BCUT2D eigenvalue weighted by molar-refractivity contribution is 6.34. The molecule has 0 fully saturated rings. The monoisotopic (exact) mass is 498 g/mol. The Morgan fingerprint density at radius 2 is 1.59 bits per heavy atom. The summed E-state index contributed by atoms with van der Waals surface area (Å²) in [6.07, 6.45) is -13.2. The van der Waals surface area contributed by atoms with Gasteiger partial charge >= 0.3 is 24.6 Å². The summed E-state index contributed by atoms with van der Waals surface area (Å²) in [5, 5.41) is 0.471. The summed E-state index contributed by atoms with van der Waals surface area (Å²) in [7, 11) is 0. The van der Waals surface area contributed by atoms with E-state index in [4.69, 9.17) is 17.3 Å². The molecule has 0 aliphatic heterocycles. The van der Waals surface area contributed by atoms with Gasteiger partial charge in [0.15, 0.2) is 11.6 Å². The Morgan fingerprint density at radius 3 is 2.09 bits per heavy atom. The van der Waals surface area contributed by atoms with Crippen molar-refractivity contribution in [1.29, 1.82) is 0 Å². The van der Waals surface area contributed by atoms with E-state index in [1.165, 1.54) is 0 Å². The summed E-state index contributed by atoms with van der Waals surface area (Å²) in [4.78, 5) is 12.2. The molecule has 2 aromatic carbocycles. The molecule has 0 heterocycles. The van der Waals surface area contributed by atoms with Crippen LogP contribution in [-0.2, 0) is 5.67 Å². The van der Waals surface area contributed by atoms with Crippen molar-refractivity contribution in [2.24, 2.45) is 0 Å². The van der Waals surface area contributed by atoms with Crippen LogP contribution in [0.1, 0.15) is 15.9 Å². The third-order valence-corrected chi connectivity index (χ3v) is 4.26. The Balaban J connectivity index is 2.66. The normalized spacial score (nSPS) is 12.8. The molecule has 2 aromatic rings. The highest BCUT2D eigenvalue weighted by Crippen LogP contribution is 2.55. The molecule has 0 bridgehead atoms. The van der Waals surface area contributed by atoms with Crippen LogP contribution in [0.25, 0.3) is 0 Å². The number of ether oxygens (including phenoxy) is 1. The lowest BCUT2D eigenvalue weighted by Gasteiger charge is -2.31. The molecule has 0 atom stereocenters. The number of hydrogen-bond acceptors (Lipinski definition) is 3. The average Bonchev–Trinajstić information content (AvgIpc) is 2.63. The van der Waals surface area contributed by atoms with E-state index < -0.39 is 69.6 Å². The van der Waals surface area contributed by atoms with Gasteiger partial charge in [-0.2, -0.15) is 35.1 Å². The molecule has 15 heteroatoms. The number of carbonyl (C=O) groups is 1. The minimum Gasteiger partial charge on any atom is -0.433 e. The van der Waals surface area contributed by atoms with Gasteiger partial charge < -0.3 is 15.8 Å². The summed E-state index contributed by atoms with van der Waals surface area (Å²) >= 11 is 5.57. The molecule has 176 valence electrons. The van der Waals surface area contributed by atoms with Crippen molar-refractivity contribution in [3.05, 3.63) is 52.3 Å². The summed E-state index contributed by atoms with van der Waals surface area (Å²) in [5.41, 5.74) is -5.37. The summed E-state index contributed by atoms with van der Waals surface area (Å²) in [5.74, 6) is -4.25. The Morgan fingerprint density at radius 1 is 1.03 bits per heavy atom. The van der Waals surface area contributed by atoms with Crippen LogP contribution in [0.5, 0.6) is 5.75 Å². The average molecular weight is 499 g/mol. The van der Waals surface area contributed by atoms with Gasteiger partial charge in [-0.3, -0.25) is 4.79 Å². The van der Waals surface area contributed by atoms with Crippen LogP contribution in [0, 0.1) is 5.82 Å². The van der Waals surface area contributed by atoms with Gasteiger partial charge in [0.05, 0.1) is 16.3 Å². The maximum atomic E-state index is 14.3. The first kappa shape index (κ1) is 25.4. The molecule has 2 rings (SSSR count). The van der Waals surface area contributed by atoms with Crippen molar-refractivity contribution in [2.45, 2.75) is 24.6 Å². The molecule has 3 N–H and O–H groups in total. The van der Waals surface area contributed by atoms with E-state index in [0.29, 0.717) is 0 Å². The van der Waals surface area contributed by atoms with Gasteiger partial charge in [-0.05, 0) is 24.3 Å². The number of benzene rings is 2. The smallest absolute Gasteiger partial charge is 0.433 e. The lowest BCUT2D eigenvalue weighted by atomic mass is 9.93. The molecule has 0 unspecified atom stereocenters. The lowest BCUT2D eigenvalue weighted by Crippen LogP contribution is -2.50. The van der Waals surface area contributed by atoms with E-state index in [1.807, 2.05) is 0 Å². The topological polar surface area (TPSA) is 64.4 Å². The van der Waals surface area contributed by atoms with E-state index in [2.05, 4.69) is 4.74 Å². The van der Waals surface area contributed by atoms with E-state index in [0.717, 1.165) is 18.2 Å². The molecule has 0 aromatic heterocycles. The second-order valence-corrected chi connectivity index (χ2v) is 6.43. The van der Waals surface area contributed by atoms with Gasteiger partial charge in [0, 0.05) is 5.56 Å².